The molecule has 5 heteroatoms. The van der Waals surface area contributed by atoms with Crippen molar-refractivity contribution in [3.8, 4) is 0 Å². The molecule has 21 heavy (non-hydrogen) atoms. The van der Waals surface area contributed by atoms with E-state index in [9.17, 15) is 9.18 Å². The van der Waals surface area contributed by atoms with Gasteiger partial charge in [0.15, 0.2) is 0 Å². The molecule has 1 unspecified atom stereocenters. The van der Waals surface area contributed by atoms with E-state index in [1.165, 1.54) is 18.3 Å². The van der Waals surface area contributed by atoms with Gasteiger partial charge in [0, 0.05) is 23.6 Å². The molecule has 0 spiro atoms. The van der Waals surface area contributed by atoms with Crippen LogP contribution in [0.15, 0.2) is 36.5 Å². The van der Waals surface area contributed by atoms with E-state index in [-0.39, 0.29) is 17.8 Å². The topological polar surface area (TPSA) is 68.0 Å². The Morgan fingerprint density at radius 3 is 2.67 bits per heavy atom. The number of aryl methyl sites for hydroxylation is 1. The Kier molecular flexibility index (Phi) is 4.52. The summed E-state index contributed by atoms with van der Waals surface area (Å²) in [4.78, 5) is 16.2. The standard InChI is InChI=1S/C16H18FN3O/c1-10-8-15(18)14(9-19-10)16(21)20-11(2)7-12-3-5-13(17)6-4-12/h3-6,8-9,11H,7H2,1-2H3,(H2,18,19)(H,20,21). The third-order valence-corrected chi connectivity index (χ3v) is 3.15. The van der Waals surface area contributed by atoms with Crippen molar-refractivity contribution in [2.24, 2.45) is 0 Å². The minimum absolute atomic E-state index is 0.0938. The van der Waals surface area contributed by atoms with Crippen LogP contribution in [0.1, 0.15) is 28.5 Å². The van der Waals surface area contributed by atoms with Crippen LogP contribution in [0.2, 0.25) is 0 Å². The highest BCUT2D eigenvalue weighted by atomic mass is 19.1. The first kappa shape index (κ1) is 15.0. The van der Waals surface area contributed by atoms with Crippen molar-refractivity contribution in [3.63, 3.8) is 0 Å². The van der Waals surface area contributed by atoms with Gasteiger partial charge in [-0.2, -0.15) is 0 Å². The summed E-state index contributed by atoms with van der Waals surface area (Å²) in [7, 11) is 0. The van der Waals surface area contributed by atoms with Crippen LogP contribution in [-0.4, -0.2) is 16.9 Å². The van der Waals surface area contributed by atoms with E-state index in [4.69, 9.17) is 5.73 Å². The monoisotopic (exact) mass is 287 g/mol. The average Bonchev–Trinajstić information content (AvgIpc) is 2.41. The van der Waals surface area contributed by atoms with Crippen molar-refractivity contribution >= 4 is 11.6 Å². The molecule has 1 amide bonds. The first-order valence-corrected chi connectivity index (χ1v) is 6.73. The van der Waals surface area contributed by atoms with E-state index < -0.39 is 0 Å². The SMILES string of the molecule is Cc1cc(N)c(C(=O)NC(C)Cc2ccc(F)cc2)cn1. The Morgan fingerprint density at radius 2 is 2.05 bits per heavy atom. The number of benzene rings is 1. The predicted molar refractivity (Wildman–Crippen MR) is 80.4 cm³/mol. The molecule has 0 aliphatic heterocycles. The van der Waals surface area contributed by atoms with Gasteiger partial charge in [-0.3, -0.25) is 9.78 Å². The third kappa shape index (κ3) is 4.02. The minimum atomic E-state index is -0.269. The lowest BCUT2D eigenvalue weighted by atomic mass is 10.1. The van der Waals surface area contributed by atoms with Crippen molar-refractivity contribution in [3.05, 3.63) is 59.2 Å². The summed E-state index contributed by atoms with van der Waals surface area (Å²) in [5, 5.41) is 2.87. The van der Waals surface area contributed by atoms with Crippen molar-refractivity contribution in [2.75, 3.05) is 5.73 Å². The Morgan fingerprint density at radius 1 is 1.38 bits per heavy atom. The number of nitrogens with one attached hydrogen (secondary N) is 1. The molecule has 3 N–H and O–H groups in total. The van der Waals surface area contributed by atoms with Gasteiger partial charge in [0.2, 0.25) is 0 Å². The minimum Gasteiger partial charge on any atom is -0.398 e. The predicted octanol–water partition coefficient (Wildman–Crippen LogP) is 2.47. The second kappa shape index (κ2) is 6.35. The maximum Gasteiger partial charge on any atom is 0.255 e. The highest BCUT2D eigenvalue weighted by Gasteiger charge is 2.13. The molecule has 1 heterocycles. The molecule has 4 nitrogen and oxygen atoms in total. The summed E-state index contributed by atoms with van der Waals surface area (Å²) < 4.78 is 12.8. The lowest BCUT2D eigenvalue weighted by molar-refractivity contribution is 0.0940. The fourth-order valence-electron chi connectivity index (χ4n) is 2.10. The number of nitrogens with zero attached hydrogens (tertiary/aromatic N) is 1. The molecule has 0 saturated heterocycles. The second-order valence-corrected chi connectivity index (χ2v) is 5.12. The third-order valence-electron chi connectivity index (χ3n) is 3.15. The molecule has 0 aliphatic carbocycles. The zero-order valence-electron chi connectivity index (χ0n) is 12.1. The molecule has 1 aromatic carbocycles. The molecule has 1 atom stereocenters. The van der Waals surface area contributed by atoms with Gasteiger partial charge in [0.05, 0.1) is 5.56 Å². The highest BCUT2D eigenvalue weighted by Crippen LogP contribution is 2.12. The fourth-order valence-corrected chi connectivity index (χ4v) is 2.10. The van der Waals surface area contributed by atoms with Crippen LogP contribution in [0.5, 0.6) is 0 Å². The molecule has 0 fully saturated rings. The quantitative estimate of drug-likeness (QED) is 0.907. The number of aromatic nitrogens is 1. The highest BCUT2D eigenvalue weighted by molar-refractivity contribution is 5.98. The number of anilines is 1. The Bertz CT molecular complexity index is 640. The number of pyridine rings is 1. The van der Waals surface area contributed by atoms with Crippen LogP contribution in [0.4, 0.5) is 10.1 Å². The second-order valence-electron chi connectivity index (χ2n) is 5.12. The van der Waals surface area contributed by atoms with Crippen molar-refractivity contribution < 1.29 is 9.18 Å². The summed E-state index contributed by atoms with van der Waals surface area (Å²) in [6.07, 6.45) is 2.09. The van der Waals surface area contributed by atoms with E-state index in [2.05, 4.69) is 10.3 Å². The first-order valence-electron chi connectivity index (χ1n) is 6.73. The molecular weight excluding hydrogens is 269 g/mol. The number of halogens is 1. The normalized spacial score (nSPS) is 12.0. The summed E-state index contributed by atoms with van der Waals surface area (Å²) in [6, 6.07) is 7.81. The van der Waals surface area contributed by atoms with E-state index >= 15 is 0 Å². The van der Waals surface area contributed by atoms with Gasteiger partial charge in [-0.15, -0.1) is 0 Å². The summed E-state index contributed by atoms with van der Waals surface area (Å²) in [5.74, 6) is -0.524. The number of hydrogen-bond donors (Lipinski definition) is 2. The molecule has 110 valence electrons. The summed E-state index contributed by atoms with van der Waals surface area (Å²) >= 11 is 0. The number of carbonyl (C=O) groups is 1. The number of hydrogen-bond acceptors (Lipinski definition) is 3. The average molecular weight is 287 g/mol. The summed E-state index contributed by atoms with van der Waals surface area (Å²) in [5.41, 5.74) is 8.33. The van der Waals surface area contributed by atoms with Crippen molar-refractivity contribution in [2.45, 2.75) is 26.3 Å². The maximum absolute atomic E-state index is 12.8. The van der Waals surface area contributed by atoms with Gasteiger partial charge < -0.3 is 11.1 Å². The number of nitrogens with two attached hydrogens (primary N) is 1. The zero-order valence-corrected chi connectivity index (χ0v) is 12.1. The number of amides is 1. The van der Waals surface area contributed by atoms with Crippen LogP contribution in [-0.2, 0) is 6.42 Å². The van der Waals surface area contributed by atoms with Gasteiger partial charge in [-0.05, 0) is 44.0 Å². The molecular formula is C16H18FN3O. The molecule has 2 aromatic rings. The lowest BCUT2D eigenvalue weighted by Gasteiger charge is -2.15. The lowest BCUT2D eigenvalue weighted by Crippen LogP contribution is -2.34. The van der Waals surface area contributed by atoms with Crippen molar-refractivity contribution in [1.82, 2.24) is 10.3 Å². The molecule has 0 bridgehead atoms. The summed E-state index contributed by atoms with van der Waals surface area (Å²) in [6.45, 7) is 3.70. The van der Waals surface area contributed by atoms with Gasteiger partial charge in [-0.25, -0.2) is 4.39 Å². The van der Waals surface area contributed by atoms with Crippen LogP contribution in [0, 0.1) is 12.7 Å². The van der Waals surface area contributed by atoms with Crippen molar-refractivity contribution in [1.29, 1.82) is 0 Å². The Hall–Kier alpha value is -2.43. The molecule has 2 rings (SSSR count). The van der Waals surface area contributed by atoms with Gasteiger partial charge >= 0.3 is 0 Å². The largest absolute Gasteiger partial charge is 0.398 e. The molecule has 0 saturated carbocycles. The van der Waals surface area contributed by atoms with E-state index in [1.54, 1.807) is 18.2 Å². The number of carbonyl (C=O) groups excluding carboxylic acids is 1. The Balaban J connectivity index is 2.00. The van der Waals surface area contributed by atoms with Crippen LogP contribution < -0.4 is 11.1 Å². The smallest absolute Gasteiger partial charge is 0.255 e. The van der Waals surface area contributed by atoms with E-state index in [0.29, 0.717) is 17.7 Å². The van der Waals surface area contributed by atoms with Gasteiger partial charge in [-0.1, -0.05) is 12.1 Å². The zero-order chi connectivity index (χ0) is 15.4. The molecule has 0 aliphatic rings. The van der Waals surface area contributed by atoms with Gasteiger partial charge in [0.25, 0.3) is 5.91 Å². The van der Waals surface area contributed by atoms with Crippen LogP contribution in [0.3, 0.4) is 0 Å². The van der Waals surface area contributed by atoms with E-state index in [1.807, 2.05) is 13.8 Å². The number of rotatable bonds is 4. The van der Waals surface area contributed by atoms with Crippen LogP contribution >= 0.6 is 0 Å². The molecule has 0 radical (unpaired) electrons. The number of nitrogen functional groups attached to an aromatic ring is 1. The maximum atomic E-state index is 12.8. The van der Waals surface area contributed by atoms with E-state index in [0.717, 1.165) is 11.3 Å². The first-order chi connectivity index (χ1) is 9.95. The van der Waals surface area contributed by atoms with Gasteiger partial charge in [0.1, 0.15) is 5.82 Å². The Labute approximate surface area is 123 Å². The fraction of sp³-hybridized carbons (Fsp3) is 0.250. The molecule has 1 aromatic heterocycles. The van der Waals surface area contributed by atoms with Crippen LogP contribution in [0.25, 0.3) is 0 Å².